The molecular formula is C23H40BNO4Si. The second-order valence-electron chi connectivity index (χ2n) is 11.1. The summed E-state index contributed by atoms with van der Waals surface area (Å²) in [5.41, 5.74) is 0.805. The van der Waals surface area contributed by atoms with Crippen molar-refractivity contribution >= 4 is 26.8 Å². The predicted molar refractivity (Wildman–Crippen MR) is 127 cm³/mol. The maximum Gasteiger partial charge on any atom is 0.494 e. The first-order valence-corrected chi connectivity index (χ1v) is 13.8. The smallest absolute Gasteiger partial charge is 0.412 e. The first-order valence-electron chi connectivity index (χ1n) is 10.9. The lowest BCUT2D eigenvalue weighted by Crippen LogP contribution is -2.46. The number of nitrogens with zero attached hydrogens (tertiary/aromatic N) is 1. The lowest BCUT2D eigenvalue weighted by molar-refractivity contribution is 0.00578. The molecular weight excluding hydrogens is 393 g/mol. The molecule has 0 aromatic heterocycles. The Hall–Kier alpha value is -1.15. The van der Waals surface area contributed by atoms with E-state index in [9.17, 15) is 4.79 Å². The van der Waals surface area contributed by atoms with Crippen LogP contribution < -0.4 is 5.46 Å². The van der Waals surface area contributed by atoms with Crippen LogP contribution in [0.15, 0.2) is 24.3 Å². The Bertz CT molecular complexity index is 739. The van der Waals surface area contributed by atoms with Gasteiger partial charge in [-0.05, 0) is 70.3 Å². The van der Waals surface area contributed by atoms with Crippen LogP contribution in [0.3, 0.4) is 0 Å². The summed E-state index contributed by atoms with van der Waals surface area (Å²) in [6.45, 7) is 21.9. The van der Waals surface area contributed by atoms with E-state index in [2.05, 4.69) is 33.9 Å². The van der Waals surface area contributed by atoms with E-state index in [4.69, 9.17) is 13.7 Å². The maximum atomic E-state index is 12.9. The number of carbonyl (C=O) groups excluding carboxylic acids is 1. The van der Waals surface area contributed by atoms with Crippen molar-refractivity contribution in [3.05, 3.63) is 29.8 Å². The lowest BCUT2D eigenvalue weighted by atomic mass is 9.79. The molecule has 0 spiro atoms. The van der Waals surface area contributed by atoms with Gasteiger partial charge in [0.25, 0.3) is 5.91 Å². The molecule has 1 heterocycles. The number of benzene rings is 1. The molecule has 5 nitrogen and oxygen atoms in total. The van der Waals surface area contributed by atoms with Crippen molar-refractivity contribution in [2.45, 2.75) is 90.8 Å². The summed E-state index contributed by atoms with van der Waals surface area (Å²) >= 11 is 0. The van der Waals surface area contributed by atoms with Gasteiger partial charge in [-0.1, -0.05) is 32.9 Å². The molecule has 0 radical (unpaired) electrons. The molecule has 1 aromatic rings. The third kappa shape index (κ3) is 5.36. The first-order chi connectivity index (χ1) is 13.5. The van der Waals surface area contributed by atoms with Crippen molar-refractivity contribution in [3.8, 4) is 0 Å². The summed E-state index contributed by atoms with van der Waals surface area (Å²) in [5, 5.41) is 0.146. The highest BCUT2D eigenvalue weighted by Gasteiger charge is 2.51. The van der Waals surface area contributed by atoms with Crippen molar-refractivity contribution < 1.29 is 18.5 Å². The van der Waals surface area contributed by atoms with Gasteiger partial charge < -0.3 is 18.6 Å². The summed E-state index contributed by atoms with van der Waals surface area (Å²) in [6.07, 6.45) is -0.0103. The molecule has 1 aliphatic heterocycles. The molecule has 1 aliphatic rings. The normalized spacial score (nSPS) is 19.6. The summed E-state index contributed by atoms with van der Waals surface area (Å²) in [6, 6.07) is 7.52. The van der Waals surface area contributed by atoms with Crippen molar-refractivity contribution in [2.75, 3.05) is 13.6 Å². The van der Waals surface area contributed by atoms with Gasteiger partial charge in [-0.3, -0.25) is 4.79 Å². The minimum atomic E-state index is -1.86. The van der Waals surface area contributed by atoms with Crippen LogP contribution >= 0.6 is 0 Å². The van der Waals surface area contributed by atoms with Crippen molar-refractivity contribution in [2.24, 2.45) is 0 Å². The summed E-state index contributed by atoms with van der Waals surface area (Å²) in [4.78, 5) is 14.6. The molecule has 1 amide bonds. The van der Waals surface area contributed by atoms with Gasteiger partial charge in [-0.15, -0.1) is 0 Å². The van der Waals surface area contributed by atoms with Gasteiger partial charge in [0.2, 0.25) is 0 Å². The van der Waals surface area contributed by atoms with E-state index >= 15 is 0 Å². The fourth-order valence-corrected chi connectivity index (χ4v) is 4.60. The Morgan fingerprint density at radius 3 is 2.00 bits per heavy atom. The van der Waals surface area contributed by atoms with Crippen LogP contribution in [0, 0.1) is 0 Å². The van der Waals surface area contributed by atoms with Crippen LogP contribution in [0.4, 0.5) is 0 Å². The zero-order chi connectivity index (χ0) is 23.1. The monoisotopic (exact) mass is 433 g/mol. The molecule has 1 fully saturated rings. The molecule has 0 unspecified atom stereocenters. The van der Waals surface area contributed by atoms with E-state index in [-0.39, 0.29) is 28.3 Å². The summed E-state index contributed by atoms with van der Waals surface area (Å²) < 4.78 is 18.6. The number of amides is 1. The topological polar surface area (TPSA) is 48.0 Å². The Kier molecular flexibility index (Phi) is 7.04. The third-order valence-corrected chi connectivity index (χ3v) is 11.5. The van der Waals surface area contributed by atoms with Gasteiger partial charge in [0.1, 0.15) is 0 Å². The van der Waals surface area contributed by atoms with Crippen LogP contribution in [0.2, 0.25) is 18.1 Å². The van der Waals surface area contributed by atoms with Gasteiger partial charge in [-0.2, -0.15) is 0 Å². The average Bonchev–Trinajstić information content (AvgIpc) is 2.80. The molecule has 0 saturated carbocycles. The van der Waals surface area contributed by atoms with E-state index < -0.39 is 15.4 Å². The highest BCUT2D eigenvalue weighted by molar-refractivity contribution is 6.74. The molecule has 1 aromatic carbocycles. The Labute approximate surface area is 184 Å². The van der Waals surface area contributed by atoms with E-state index in [1.165, 1.54) is 0 Å². The molecule has 7 heteroatoms. The van der Waals surface area contributed by atoms with Gasteiger partial charge in [0.15, 0.2) is 8.32 Å². The summed E-state index contributed by atoms with van der Waals surface area (Å²) in [7, 11) is -0.453. The Morgan fingerprint density at radius 1 is 1.10 bits per heavy atom. The van der Waals surface area contributed by atoms with Gasteiger partial charge in [0, 0.05) is 19.2 Å². The van der Waals surface area contributed by atoms with E-state index in [1.807, 2.05) is 65.9 Å². The molecule has 1 saturated heterocycles. The largest absolute Gasteiger partial charge is 0.494 e. The molecule has 0 N–H and O–H groups in total. The van der Waals surface area contributed by atoms with Crippen LogP contribution in [-0.2, 0) is 13.7 Å². The minimum absolute atomic E-state index is 0.0103. The Morgan fingerprint density at radius 2 is 1.57 bits per heavy atom. The highest BCUT2D eigenvalue weighted by Crippen LogP contribution is 2.37. The molecule has 2 rings (SSSR count). The van der Waals surface area contributed by atoms with E-state index in [1.54, 1.807) is 4.90 Å². The predicted octanol–water partition coefficient (Wildman–Crippen LogP) is 4.47. The second kappa shape index (κ2) is 8.41. The van der Waals surface area contributed by atoms with Crippen LogP contribution in [-0.4, -0.2) is 57.1 Å². The second-order valence-corrected chi connectivity index (χ2v) is 15.8. The quantitative estimate of drug-likeness (QED) is 0.622. The summed E-state index contributed by atoms with van der Waals surface area (Å²) in [5.74, 6) is -0.0128. The molecule has 30 heavy (non-hydrogen) atoms. The number of carbonyl (C=O) groups is 1. The number of rotatable bonds is 6. The van der Waals surface area contributed by atoms with Gasteiger partial charge in [0.05, 0.1) is 17.3 Å². The molecule has 0 aliphatic carbocycles. The fourth-order valence-electron chi connectivity index (χ4n) is 3.17. The van der Waals surface area contributed by atoms with Gasteiger partial charge >= 0.3 is 7.12 Å². The van der Waals surface area contributed by atoms with Crippen molar-refractivity contribution in [1.82, 2.24) is 4.90 Å². The third-order valence-electron chi connectivity index (χ3n) is 6.86. The molecule has 1 atom stereocenters. The SMILES string of the molecule is C[C@@H](CN(C)C(=O)c1ccc(B2OC(C)(C)C(C)(C)O2)cc1)O[Si](C)(C)C(C)(C)C. The van der Waals surface area contributed by atoms with Crippen LogP contribution in [0.5, 0.6) is 0 Å². The zero-order valence-corrected chi connectivity index (χ0v) is 21.8. The average molecular weight is 433 g/mol. The highest BCUT2D eigenvalue weighted by atomic mass is 28.4. The first kappa shape index (κ1) is 25.1. The minimum Gasteiger partial charge on any atom is -0.412 e. The van der Waals surface area contributed by atoms with E-state index in [0.29, 0.717) is 12.1 Å². The number of hydrogen-bond acceptors (Lipinski definition) is 4. The van der Waals surface area contributed by atoms with Crippen LogP contribution in [0.1, 0.15) is 65.7 Å². The molecule has 0 bridgehead atoms. The standard InChI is InChI=1S/C23H40BNO4Si/c1-17(27-30(10,11)21(2,3)4)16-25(9)20(26)18-12-14-19(15-13-18)24-28-22(5,6)23(7,8)29-24/h12-15,17H,16H2,1-11H3/t17-/m0/s1. The number of hydrogen-bond donors (Lipinski definition) is 0. The van der Waals surface area contributed by atoms with E-state index in [0.717, 1.165) is 5.46 Å². The van der Waals surface area contributed by atoms with Gasteiger partial charge in [-0.25, -0.2) is 0 Å². The number of likely N-dealkylation sites (N-methyl/N-ethyl adjacent to an activating group) is 1. The molecule has 168 valence electrons. The van der Waals surface area contributed by atoms with Crippen LogP contribution in [0.25, 0.3) is 0 Å². The Balaban J connectivity index is 2.01. The maximum absolute atomic E-state index is 12.9. The lowest BCUT2D eigenvalue weighted by Gasteiger charge is -2.39. The van der Waals surface area contributed by atoms with Crippen molar-refractivity contribution in [1.29, 1.82) is 0 Å². The van der Waals surface area contributed by atoms with Crippen molar-refractivity contribution in [3.63, 3.8) is 0 Å². The zero-order valence-electron chi connectivity index (χ0n) is 20.8. The fraction of sp³-hybridized carbons (Fsp3) is 0.696.